The lowest BCUT2D eigenvalue weighted by molar-refractivity contribution is -0.134. The molecule has 0 saturated carbocycles. The fraction of sp³-hybridized carbons (Fsp3) is 0.400. The van der Waals surface area contributed by atoms with E-state index in [4.69, 9.17) is 0 Å². The Morgan fingerprint density at radius 1 is 1.03 bits per heavy atom. The normalized spacial score (nSPS) is 24.4. The van der Waals surface area contributed by atoms with Crippen molar-refractivity contribution in [3.05, 3.63) is 65.7 Å². The fourth-order valence-electron chi connectivity index (χ4n) is 5.55. The van der Waals surface area contributed by atoms with Crippen molar-refractivity contribution in [1.82, 2.24) is 14.7 Å². The Balaban J connectivity index is 1.45. The van der Waals surface area contributed by atoms with Crippen LogP contribution in [0.15, 0.2) is 54.6 Å². The van der Waals surface area contributed by atoms with Gasteiger partial charge in [-0.3, -0.25) is 9.59 Å². The van der Waals surface area contributed by atoms with Gasteiger partial charge in [-0.25, -0.2) is 4.79 Å². The van der Waals surface area contributed by atoms with Crippen LogP contribution in [0.3, 0.4) is 0 Å². The van der Waals surface area contributed by atoms with Crippen molar-refractivity contribution in [2.24, 2.45) is 0 Å². The van der Waals surface area contributed by atoms with Gasteiger partial charge in [0, 0.05) is 32.4 Å². The van der Waals surface area contributed by atoms with E-state index in [1.54, 1.807) is 16.8 Å². The molecule has 2 fully saturated rings. The number of benzene rings is 2. The number of rotatable bonds is 5. The number of hydrogen-bond acceptors (Lipinski definition) is 3. The average molecular weight is 433 g/mol. The molecule has 4 amide bonds. The largest absolute Gasteiger partial charge is 0.337 e. The lowest BCUT2D eigenvalue weighted by Crippen LogP contribution is -2.51. The highest BCUT2D eigenvalue weighted by Crippen LogP contribution is 2.49. The third kappa shape index (κ3) is 3.23. The molecule has 0 aliphatic carbocycles. The number of nitrogens with zero attached hydrogens (tertiary/aromatic N) is 3. The molecule has 7 nitrogen and oxygen atoms in total. The van der Waals surface area contributed by atoms with Gasteiger partial charge in [0.1, 0.15) is 6.54 Å². The third-order valence-corrected chi connectivity index (χ3v) is 7.25. The van der Waals surface area contributed by atoms with E-state index in [1.807, 2.05) is 47.4 Å². The molecule has 3 aliphatic heterocycles. The van der Waals surface area contributed by atoms with Gasteiger partial charge in [0.2, 0.25) is 11.8 Å². The summed E-state index contributed by atoms with van der Waals surface area (Å²) in [5, 5.41) is 3.06. The van der Waals surface area contributed by atoms with Crippen molar-refractivity contribution in [2.45, 2.75) is 30.7 Å². The number of carbonyl (C=O) groups excluding carboxylic acids is 3. The highest BCUT2D eigenvalue weighted by Gasteiger charge is 2.58. The first kappa shape index (κ1) is 20.5. The molecule has 2 aromatic rings. The van der Waals surface area contributed by atoms with E-state index >= 15 is 0 Å². The SMILES string of the molecule is CN1CCN(CC(=O)N2CC[C@]3(C(=O)Nc4ccccc43)[C@@H]2CCc2ccccc2)C1=O. The van der Waals surface area contributed by atoms with Crippen molar-refractivity contribution in [3.8, 4) is 0 Å². The lowest BCUT2D eigenvalue weighted by Gasteiger charge is -2.35. The van der Waals surface area contributed by atoms with Crippen LogP contribution in [0.25, 0.3) is 0 Å². The summed E-state index contributed by atoms with van der Waals surface area (Å²) in [6.07, 6.45) is 2.05. The number of aryl methyl sites for hydroxylation is 1. The van der Waals surface area contributed by atoms with Crippen LogP contribution in [0.5, 0.6) is 0 Å². The van der Waals surface area contributed by atoms with Gasteiger partial charge >= 0.3 is 6.03 Å². The number of fused-ring (bicyclic) bond motifs is 2. The molecular formula is C25H28N4O3. The standard InChI is InChI=1S/C25H28N4O3/c1-27-15-16-28(24(27)32)17-22(30)29-14-13-25(19-9-5-6-10-20(19)26-23(25)31)21(29)12-11-18-7-3-2-4-8-18/h2-10,21H,11-17H2,1H3,(H,26,31)/t21-,25+/m0/s1. The summed E-state index contributed by atoms with van der Waals surface area (Å²) in [6, 6.07) is 17.6. The van der Waals surface area contributed by atoms with Crippen molar-refractivity contribution in [1.29, 1.82) is 0 Å². The zero-order valence-electron chi connectivity index (χ0n) is 18.3. The molecule has 2 aromatic carbocycles. The van der Waals surface area contributed by atoms with Crippen molar-refractivity contribution >= 4 is 23.5 Å². The summed E-state index contributed by atoms with van der Waals surface area (Å²) in [5.41, 5.74) is 2.26. The van der Waals surface area contributed by atoms with E-state index in [9.17, 15) is 14.4 Å². The third-order valence-electron chi connectivity index (χ3n) is 7.25. The number of amides is 4. The second-order valence-electron chi connectivity index (χ2n) is 8.97. The van der Waals surface area contributed by atoms with Gasteiger partial charge in [-0.1, -0.05) is 48.5 Å². The first-order chi connectivity index (χ1) is 15.5. The highest BCUT2D eigenvalue weighted by atomic mass is 16.2. The topological polar surface area (TPSA) is 73.0 Å². The summed E-state index contributed by atoms with van der Waals surface area (Å²) < 4.78 is 0. The summed E-state index contributed by atoms with van der Waals surface area (Å²) >= 11 is 0. The van der Waals surface area contributed by atoms with Crippen LogP contribution in [0, 0.1) is 0 Å². The van der Waals surface area contributed by atoms with Gasteiger partial charge in [0.15, 0.2) is 0 Å². The number of likely N-dealkylation sites (tertiary alicyclic amines) is 1. The first-order valence-corrected chi connectivity index (χ1v) is 11.2. The van der Waals surface area contributed by atoms with Crippen LogP contribution in [-0.4, -0.2) is 71.8 Å². The molecule has 0 unspecified atom stereocenters. The van der Waals surface area contributed by atoms with E-state index in [0.717, 1.165) is 17.7 Å². The number of nitrogens with one attached hydrogen (secondary N) is 1. The Labute approximate surface area is 188 Å². The molecule has 1 spiro atoms. The summed E-state index contributed by atoms with van der Waals surface area (Å²) in [4.78, 5) is 44.2. The van der Waals surface area contributed by atoms with Crippen LogP contribution in [0.2, 0.25) is 0 Å². The number of likely N-dealkylation sites (N-methyl/N-ethyl adjacent to an activating group) is 1. The molecular weight excluding hydrogens is 404 g/mol. The maximum atomic E-state index is 13.4. The van der Waals surface area contributed by atoms with Gasteiger partial charge in [0.25, 0.3) is 0 Å². The maximum Gasteiger partial charge on any atom is 0.320 e. The molecule has 2 atom stereocenters. The molecule has 3 aliphatic rings. The van der Waals surface area contributed by atoms with E-state index in [0.29, 0.717) is 32.5 Å². The smallest absolute Gasteiger partial charge is 0.320 e. The Kier molecular flexibility index (Phi) is 5.12. The fourth-order valence-corrected chi connectivity index (χ4v) is 5.55. The first-order valence-electron chi connectivity index (χ1n) is 11.2. The lowest BCUT2D eigenvalue weighted by atomic mass is 9.73. The molecule has 32 heavy (non-hydrogen) atoms. The number of urea groups is 1. The van der Waals surface area contributed by atoms with Crippen molar-refractivity contribution in [3.63, 3.8) is 0 Å². The Bertz CT molecular complexity index is 1060. The minimum absolute atomic E-state index is 0.0240. The molecule has 0 aromatic heterocycles. The predicted molar refractivity (Wildman–Crippen MR) is 121 cm³/mol. The minimum Gasteiger partial charge on any atom is -0.337 e. The Hall–Kier alpha value is -3.35. The van der Waals surface area contributed by atoms with E-state index in [-0.39, 0.29) is 30.4 Å². The van der Waals surface area contributed by atoms with Crippen molar-refractivity contribution < 1.29 is 14.4 Å². The molecule has 7 heteroatoms. The highest BCUT2D eigenvalue weighted by molar-refractivity contribution is 6.07. The zero-order chi connectivity index (χ0) is 22.3. The number of carbonyl (C=O) groups is 3. The Morgan fingerprint density at radius 3 is 2.53 bits per heavy atom. The van der Waals surface area contributed by atoms with Crippen LogP contribution >= 0.6 is 0 Å². The van der Waals surface area contributed by atoms with Gasteiger partial charge in [-0.2, -0.15) is 0 Å². The maximum absolute atomic E-state index is 13.4. The van der Waals surface area contributed by atoms with Crippen LogP contribution in [0.4, 0.5) is 10.5 Å². The van der Waals surface area contributed by atoms with Gasteiger partial charge in [0.05, 0.1) is 11.5 Å². The van der Waals surface area contributed by atoms with Crippen LogP contribution < -0.4 is 5.32 Å². The molecule has 0 radical (unpaired) electrons. The minimum atomic E-state index is -0.743. The second kappa shape index (κ2) is 7.97. The molecule has 2 saturated heterocycles. The summed E-state index contributed by atoms with van der Waals surface area (Å²) in [6.45, 7) is 1.75. The molecule has 1 N–H and O–H groups in total. The quantitative estimate of drug-likeness (QED) is 0.789. The zero-order valence-corrected chi connectivity index (χ0v) is 18.3. The number of anilines is 1. The molecule has 3 heterocycles. The molecule has 0 bridgehead atoms. The summed E-state index contributed by atoms with van der Waals surface area (Å²) in [5.74, 6) is -0.107. The van der Waals surface area contributed by atoms with Gasteiger partial charge in [-0.05, 0) is 36.5 Å². The van der Waals surface area contributed by atoms with E-state index < -0.39 is 5.41 Å². The number of para-hydroxylation sites is 1. The average Bonchev–Trinajstić information content (AvgIpc) is 3.44. The van der Waals surface area contributed by atoms with E-state index in [1.165, 1.54) is 5.56 Å². The predicted octanol–water partition coefficient (Wildman–Crippen LogP) is 2.48. The van der Waals surface area contributed by atoms with Gasteiger partial charge in [-0.15, -0.1) is 0 Å². The number of hydrogen-bond donors (Lipinski definition) is 1. The summed E-state index contributed by atoms with van der Waals surface area (Å²) in [7, 11) is 1.75. The molecule has 5 rings (SSSR count). The van der Waals surface area contributed by atoms with Crippen LogP contribution in [-0.2, 0) is 21.4 Å². The second-order valence-corrected chi connectivity index (χ2v) is 8.97. The van der Waals surface area contributed by atoms with E-state index in [2.05, 4.69) is 17.4 Å². The van der Waals surface area contributed by atoms with Crippen LogP contribution in [0.1, 0.15) is 24.0 Å². The van der Waals surface area contributed by atoms with Gasteiger partial charge < -0.3 is 20.0 Å². The van der Waals surface area contributed by atoms with Crippen molar-refractivity contribution in [2.75, 3.05) is 38.5 Å². The molecule has 166 valence electrons. The Morgan fingerprint density at radius 2 is 1.78 bits per heavy atom. The monoisotopic (exact) mass is 432 g/mol.